The molecule has 0 atom stereocenters. The van der Waals surface area contributed by atoms with Crippen molar-refractivity contribution in [3.8, 4) is 0 Å². The average Bonchev–Trinajstić information content (AvgIpc) is 3.33. The molecule has 1 heterocycles. The summed E-state index contributed by atoms with van der Waals surface area (Å²) in [6.45, 7) is 4.56. The van der Waals surface area contributed by atoms with Crippen LogP contribution in [0.3, 0.4) is 0 Å². The Kier molecular flexibility index (Phi) is 4.04. The van der Waals surface area contributed by atoms with Gasteiger partial charge in [0.1, 0.15) is 5.82 Å². The van der Waals surface area contributed by atoms with Crippen molar-refractivity contribution in [2.24, 2.45) is 0 Å². The van der Waals surface area contributed by atoms with Gasteiger partial charge < -0.3 is 10.2 Å². The lowest BCUT2D eigenvalue weighted by Crippen LogP contribution is -2.31. The fourth-order valence-electron chi connectivity index (χ4n) is 2.34. The van der Waals surface area contributed by atoms with E-state index >= 15 is 0 Å². The fraction of sp³-hybridized carbons (Fsp3) is 0.353. The minimum Gasteiger partial charge on any atom is -0.366 e. The molecule has 1 fully saturated rings. The molecule has 0 saturated heterocycles. The highest BCUT2D eigenvalue weighted by atomic mass is 16.2. The zero-order valence-electron chi connectivity index (χ0n) is 12.9. The summed E-state index contributed by atoms with van der Waals surface area (Å²) in [6.07, 6.45) is 2.36. The average molecular weight is 296 g/mol. The van der Waals surface area contributed by atoms with Crippen molar-refractivity contribution in [1.82, 2.24) is 10.2 Å². The van der Waals surface area contributed by atoms with Gasteiger partial charge in [0, 0.05) is 18.3 Å². The van der Waals surface area contributed by atoms with Crippen molar-refractivity contribution < 1.29 is 4.79 Å². The first kappa shape index (κ1) is 14.5. The molecular weight excluding hydrogens is 276 g/mol. The van der Waals surface area contributed by atoms with Gasteiger partial charge in [0.05, 0.1) is 0 Å². The molecule has 2 aromatic rings. The van der Waals surface area contributed by atoms with Crippen molar-refractivity contribution in [2.45, 2.75) is 32.7 Å². The van der Waals surface area contributed by atoms with E-state index in [2.05, 4.69) is 15.5 Å². The normalized spacial score (nSPS) is 13.7. The first-order valence-corrected chi connectivity index (χ1v) is 7.66. The third kappa shape index (κ3) is 3.24. The lowest BCUT2D eigenvalue weighted by Gasteiger charge is -2.20. The molecule has 22 heavy (non-hydrogen) atoms. The lowest BCUT2D eigenvalue weighted by molar-refractivity contribution is 0.0982. The largest absolute Gasteiger partial charge is 0.366 e. The molecule has 1 aliphatic rings. The van der Waals surface area contributed by atoms with Gasteiger partial charge >= 0.3 is 0 Å². The van der Waals surface area contributed by atoms with Gasteiger partial charge in [-0.1, -0.05) is 12.1 Å². The monoisotopic (exact) mass is 296 g/mol. The van der Waals surface area contributed by atoms with Crippen LogP contribution in [-0.2, 0) is 0 Å². The van der Waals surface area contributed by atoms with Crippen LogP contribution in [0.2, 0.25) is 0 Å². The van der Waals surface area contributed by atoms with E-state index in [1.165, 1.54) is 12.8 Å². The van der Waals surface area contributed by atoms with Gasteiger partial charge in [0.15, 0.2) is 5.69 Å². The zero-order chi connectivity index (χ0) is 15.5. The smallest absolute Gasteiger partial charge is 0.278 e. The number of hydrogen-bond acceptors (Lipinski definition) is 4. The highest BCUT2D eigenvalue weighted by molar-refractivity contribution is 6.04. The molecule has 0 aliphatic heterocycles. The van der Waals surface area contributed by atoms with Gasteiger partial charge in [-0.15, -0.1) is 10.2 Å². The molecule has 1 N–H and O–H groups in total. The number of anilines is 2. The molecule has 1 aliphatic carbocycles. The van der Waals surface area contributed by atoms with Crippen LogP contribution in [0.25, 0.3) is 0 Å². The molecule has 1 saturated carbocycles. The van der Waals surface area contributed by atoms with Crippen molar-refractivity contribution in [3.63, 3.8) is 0 Å². The molecule has 0 unspecified atom stereocenters. The van der Waals surface area contributed by atoms with E-state index in [4.69, 9.17) is 0 Å². The second-order valence-corrected chi connectivity index (χ2v) is 5.61. The van der Waals surface area contributed by atoms with Gasteiger partial charge in [-0.3, -0.25) is 4.79 Å². The zero-order valence-corrected chi connectivity index (χ0v) is 12.9. The maximum Gasteiger partial charge on any atom is 0.278 e. The van der Waals surface area contributed by atoms with Gasteiger partial charge in [-0.2, -0.15) is 0 Å². The molecule has 3 rings (SSSR count). The molecule has 5 heteroatoms. The molecule has 0 spiro atoms. The Morgan fingerprint density at radius 1 is 1.27 bits per heavy atom. The number of amides is 1. The molecule has 114 valence electrons. The SMILES string of the molecule is CCN(C(=O)c1ccc(NC2CC2)nn1)c1cccc(C)c1. The molecular formula is C17H20N4O. The van der Waals surface area contributed by atoms with Crippen molar-refractivity contribution in [2.75, 3.05) is 16.8 Å². The minimum absolute atomic E-state index is 0.126. The Morgan fingerprint density at radius 2 is 2.09 bits per heavy atom. The first-order valence-electron chi connectivity index (χ1n) is 7.66. The Balaban J connectivity index is 1.78. The van der Waals surface area contributed by atoms with E-state index in [1.54, 1.807) is 11.0 Å². The highest BCUT2D eigenvalue weighted by Gasteiger charge is 2.22. The summed E-state index contributed by atoms with van der Waals surface area (Å²) < 4.78 is 0. The molecule has 1 aromatic heterocycles. The summed E-state index contributed by atoms with van der Waals surface area (Å²) in [6, 6.07) is 12.0. The Bertz CT molecular complexity index is 665. The van der Waals surface area contributed by atoms with Crippen molar-refractivity contribution >= 4 is 17.4 Å². The molecule has 5 nitrogen and oxygen atoms in total. The van der Waals surface area contributed by atoms with Crippen LogP contribution in [0, 0.1) is 6.92 Å². The van der Waals surface area contributed by atoms with E-state index in [-0.39, 0.29) is 5.91 Å². The van der Waals surface area contributed by atoms with Crippen LogP contribution in [0.4, 0.5) is 11.5 Å². The Morgan fingerprint density at radius 3 is 2.68 bits per heavy atom. The molecule has 0 bridgehead atoms. The standard InChI is InChI=1S/C17H20N4O/c1-3-21(14-6-4-5-12(2)11-14)17(22)15-9-10-16(20-19-15)18-13-7-8-13/h4-6,9-11,13H,3,7-8H2,1-2H3,(H,18,20). The van der Waals surface area contributed by atoms with Crippen LogP contribution < -0.4 is 10.2 Å². The number of aryl methyl sites for hydroxylation is 1. The van der Waals surface area contributed by atoms with Crippen LogP contribution in [0.1, 0.15) is 35.8 Å². The number of hydrogen-bond donors (Lipinski definition) is 1. The molecule has 1 aromatic carbocycles. The van der Waals surface area contributed by atoms with Crippen molar-refractivity contribution in [1.29, 1.82) is 0 Å². The summed E-state index contributed by atoms with van der Waals surface area (Å²) in [7, 11) is 0. The predicted molar refractivity (Wildman–Crippen MR) is 87.2 cm³/mol. The maximum absolute atomic E-state index is 12.6. The van der Waals surface area contributed by atoms with Crippen LogP contribution in [-0.4, -0.2) is 28.7 Å². The Hall–Kier alpha value is -2.43. The predicted octanol–water partition coefficient (Wildman–Crippen LogP) is 3.03. The molecule has 0 radical (unpaired) electrons. The van der Waals surface area contributed by atoms with Crippen molar-refractivity contribution in [3.05, 3.63) is 47.7 Å². The molecule has 1 amide bonds. The van der Waals surface area contributed by atoms with E-state index in [0.29, 0.717) is 18.3 Å². The number of nitrogens with one attached hydrogen (secondary N) is 1. The second-order valence-electron chi connectivity index (χ2n) is 5.61. The summed E-state index contributed by atoms with van der Waals surface area (Å²) in [5.41, 5.74) is 2.37. The van der Waals surface area contributed by atoms with Crippen LogP contribution in [0.5, 0.6) is 0 Å². The number of rotatable bonds is 5. The number of benzene rings is 1. The summed E-state index contributed by atoms with van der Waals surface area (Å²) in [5.74, 6) is 0.608. The number of nitrogens with zero attached hydrogens (tertiary/aromatic N) is 3. The lowest BCUT2D eigenvalue weighted by atomic mass is 10.2. The van der Waals surface area contributed by atoms with Crippen LogP contribution in [0.15, 0.2) is 36.4 Å². The number of aromatic nitrogens is 2. The van der Waals surface area contributed by atoms with Gasteiger partial charge in [-0.05, 0) is 56.5 Å². The van der Waals surface area contributed by atoms with Gasteiger partial charge in [0.25, 0.3) is 5.91 Å². The topological polar surface area (TPSA) is 58.1 Å². The van der Waals surface area contributed by atoms with E-state index < -0.39 is 0 Å². The minimum atomic E-state index is -0.126. The number of carbonyl (C=O) groups excluding carboxylic acids is 1. The fourth-order valence-corrected chi connectivity index (χ4v) is 2.34. The summed E-state index contributed by atoms with van der Waals surface area (Å²) in [4.78, 5) is 14.3. The second kappa shape index (κ2) is 6.13. The van der Waals surface area contributed by atoms with Gasteiger partial charge in [0.2, 0.25) is 0 Å². The van der Waals surface area contributed by atoms with Gasteiger partial charge in [-0.25, -0.2) is 0 Å². The first-order chi connectivity index (χ1) is 10.7. The summed E-state index contributed by atoms with van der Waals surface area (Å²) >= 11 is 0. The Labute approximate surface area is 130 Å². The third-order valence-electron chi connectivity index (χ3n) is 3.69. The highest BCUT2D eigenvalue weighted by Crippen LogP contribution is 2.23. The number of carbonyl (C=O) groups is 1. The maximum atomic E-state index is 12.6. The van der Waals surface area contributed by atoms with E-state index in [9.17, 15) is 4.79 Å². The van der Waals surface area contributed by atoms with E-state index in [0.717, 1.165) is 17.1 Å². The summed E-state index contributed by atoms with van der Waals surface area (Å²) in [5, 5.41) is 11.4. The third-order valence-corrected chi connectivity index (χ3v) is 3.69. The van der Waals surface area contributed by atoms with E-state index in [1.807, 2.05) is 44.2 Å². The quantitative estimate of drug-likeness (QED) is 0.921. The van der Waals surface area contributed by atoms with Crippen LogP contribution >= 0.6 is 0 Å².